The van der Waals surface area contributed by atoms with Crippen LogP contribution in [0.5, 0.6) is 0 Å². The number of hydrogen-bond donors (Lipinski definition) is 1. The van der Waals surface area contributed by atoms with Crippen LogP contribution in [0.4, 0.5) is 0 Å². The summed E-state index contributed by atoms with van der Waals surface area (Å²) in [7, 11) is 1.84. The highest BCUT2D eigenvalue weighted by Gasteiger charge is 2.06. The zero-order valence-electron chi connectivity index (χ0n) is 8.18. The van der Waals surface area contributed by atoms with E-state index in [1.165, 1.54) is 0 Å². The number of hydrogen-bond acceptors (Lipinski definition) is 4. The van der Waals surface area contributed by atoms with Crippen molar-refractivity contribution in [1.82, 2.24) is 25.5 Å². The second-order valence-corrected chi connectivity index (χ2v) is 3.45. The van der Waals surface area contributed by atoms with Crippen LogP contribution in [0, 0.1) is 0 Å². The van der Waals surface area contributed by atoms with Crippen LogP contribution in [-0.4, -0.2) is 27.3 Å². The summed E-state index contributed by atoms with van der Waals surface area (Å²) in [4.78, 5) is 0. The number of halogens is 1. The van der Waals surface area contributed by atoms with Crippen LogP contribution in [0.15, 0.2) is 24.3 Å². The third-order valence-electron chi connectivity index (χ3n) is 1.92. The molecule has 0 bridgehead atoms. The summed E-state index contributed by atoms with van der Waals surface area (Å²) in [5.41, 5.74) is 0.859. The molecular weight excluding hydrogens is 214 g/mol. The fraction of sp³-hybridized carbons (Fsp3) is 0.222. The Labute approximate surface area is 92.1 Å². The third-order valence-corrected chi connectivity index (χ3v) is 2.16. The van der Waals surface area contributed by atoms with Crippen LogP contribution in [0.2, 0.25) is 5.02 Å². The molecule has 0 spiro atoms. The average molecular weight is 224 g/mol. The lowest BCUT2D eigenvalue weighted by atomic mass is 10.3. The molecule has 78 valence electrons. The van der Waals surface area contributed by atoms with Crippen LogP contribution in [0.1, 0.15) is 5.82 Å². The second kappa shape index (κ2) is 4.37. The zero-order valence-corrected chi connectivity index (χ0v) is 8.94. The Balaban J connectivity index is 2.40. The topological polar surface area (TPSA) is 55.6 Å². The first-order chi connectivity index (χ1) is 7.31. The monoisotopic (exact) mass is 223 g/mol. The van der Waals surface area contributed by atoms with Gasteiger partial charge in [-0.2, -0.15) is 4.68 Å². The average Bonchev–Trinajstić information content (AvgIpc) is 2.66. The van der Waals surface area contributed by atoms with Gasteiger partial charge in [0.2, 0.25) is 0 Å². The molecule has 2 aromatic rings. The smallest absolute Gasteiger partial charge is 0.170 e. The first-order valence-corrected chi connectivity index (χ1v) is 4.87. The number of aromatic nitrogens is 4. The third kappa shape index (κ3) is 2.14. The van der Waals surface area contributed by atoms with Gasteiger partial charge in [0.25, 0.3) is 0 Å². The molecule has 2 rings (SSSR count). The van der Waals surface area contributed by atoms with Crippen LogP contribution in [-0.2, 0) is 6.54 Å². The molecule has 1 aromatic carbocycles. The van der Waals surface area contributed by atoms with Crippen LogP contribution in [0.25, 0.3) is 5.69 Å². The van der Waals surface area contributed by atoms with Crippen molar-refractivity contribution in [3.8, 4) is 5.69 Å². The Morgan fingerprint density at radius 2 is 2.33 bits per heavy atom. The molecule has 0 aliphatic rings. The van der Waals surface area contributed by atoms with Crippen molar-refractivity contribution in [3.05, 3.63) is 35.1 Å². The Hall–Kier alpha value is -1.46. The van der Waals surface area contributed by atoms with E-state index in [1.54, 1.807) is 4.68 Å². The molecule has 5 nitrogen and oxygen atoms in total. The number of benzene rings is 1. The molecule has 0 radical (unpaired) electrons. The predicted octanol–water partition coefficient (Wildman–Crippen LogP) is 1.04. The predicted molar refractivity (Wildman–Crippen MR) is 56.9 cm³/mol. The van der Waals surface area contributed by atoms with Gasteiger partial charge >= 0.3 is 0 Å². The molecule has 15 heavy (non-hydrogen) atoms. The molecule has 0 saturated heterocycles. The summed E-state index contributed by atoms with van der Waals surface area (Å²) in [6.07, 6.45) is 0. The molecule has 0 fully saturated rings. The highest BCUT2D eigenvalue weighted by molar-refractivity contribution is 6.30. The van der Waals surface area contributed by atoms with Crippen molar-refractivity contribution in [1.29, 1.82) is 0 Å². The first kappa shape index (κ1) is 10.1. The lowest BCUT2D eigenvalue weighted by molar-refractivity contribution is 0.709. The first-order valence-electron chi connectivity index (χ1n) is 4.49. The van der Waals surface area contributed by atoms with Gasteiger partial charge in [-0.25, -0.2) is 0 Å². The molecule has 0 saturated carbocycles. The Morgan fingerprint density at radius 1 is 1.47 bits per heavy atom. The Morgan fingerprint density at radius 3 is 3.07 bits per heavy atom. The summed E-state index contributed by atoms with van der Waals surface area (Å²) < 4.78 is 1.66. The van der Waals surface area contributed by atoms with E-state index in [0.717, 1.165) is 11.5 Å². The Bertz CT molecular complexity index is 453. The van der Waals surface area contributed by atoms with Crippen LogP contribution < -0.4 is 5.32 Å². The molecule has 0 aliphatic carbocycles. The number of tetrazole rings is 1. The van der Waals surface area contributed by atoms with Gasteiger partial charge in [0.05, 0.1) is 12.2 Å². The highest BCUT2D eigenvalue weighted by Crippen LogP contribution is 2.14. The van der Waals surface area contributed by atoms with E-state index >= 15 is 0 Å². The minimum absolute atomic E-state index is 0.611. The van der Waals surface area contributed by atoms with E-state index in [4.69, 9.17) is 11.6 Å². The van der Waals surface area contributed by atoms with Gasteiger partial charge in [-0.05, 0) is 35.7 Å². The summed E-state index contributed by atoms with van der Waals surface area (Å²) in [6, 6.07) is 7.40. The lowest BCUT2D eigenvalue weighted by Gasteiger charge is -2.03. The maximum Gasteiger partial charge on any atom is 0.170 e. The molecule has 0 amide bonds. The van der Waals surface area contributed by atoms with Gasteiger partial charge in [-0.1, -0.05) is 17.7 Å². The van der Waals surface area contributed by atoms with E-state index in [1.807, 2.05) is 31.3 Å². The van der Waals surface area contributed by atoms with Crippen molar-refractivity contribution >= 4 is 11.6 Å². The van der Waals surface area contributed by atoms with E-state index in [0.29, 0.717) is 11.6 Å². The lowest BCUT2D eigenvalue weighted by Crippen LogP contribution is -2.12. The van der Waals surface area contributed by atoms with Gasteiger partial charge in [0.1, 0.15) is 0 Å². The molecule has 1 aromatic heterocycles. The van der Waals surface area contributed by atoms with Gasteiger partial charge in [-0.15, -0.1) is 5.10 Å². The quantitative estimate of drug-likeness (QED) is 0.845. The van der Waals surface area contributed by atoms with Gasteiger partial charge in [0, 0.05) is 5.02 Å². The van der Waals surface area contributed by atoms with Crippen molar-refractivity contribution < 1.29 is 0 Å². The summed E-state index contributed by atoms with van der Waals surface area (Å²) in [6.45, 7) is 0.611. The van der Waals surface area contributed by atoms with E-state index in [-0.39, 0.29) is 0 Å². The van der Waals surface area contributed by atoms with Crippen molar-refractivity contribution in [3.63, 3.8) is 0 Å². The zero-order chi connectivity index (χ0) is 10.7. The molecule has 0 unspecified atom stereocenters. The Kier molecular flexibility index (Phi) is 2.94. The second-order valence-electron chi connectivity index (χ2n) is 3.02. The SMILES string of the molecule is CNCc1nnnn1-c1cccc(Cl)c1. The van der Waals surface area contributed by atoms with Gasteiger partial charge in [0.15, 0.2) is 5.82 Å². The molecule has 6 heteroatoms. The number of rotatable bonds is 3. The summed E-state index contributed by atoms with van der Waals surface area (Å²) >= 11 is 5.89. The summed E-state index contributed by atoms with van der Waals surface area (Å²) in [5, 5.41) is 15.1. The highest BCUT2D eigenvalue weighted by atomic mass is 35.5. The maximum absolute atomic E-state index is 5.89. The number of nitrogens with zero attached hydrogens (tertiary/aromatic N) is 4. The van der Waals surface area contributed by atoms with Crippen LogP contribution in [0.3, 0.4) is 0 Å². The molecule has 0 atom stereocenters. The maximum atomic E-state index is 5.89. The van der Waals surface area contributed by atoms with Crippen LogP contribution >= 0.6 is 11.6 Å². The molecule has 1 N–H and O–H groups in total. The van der Waals surface area contributed by atoms with E-state index in [2.05, 4.69) is 20.8 Å². The van der Waals surface area contributed by atoms with Crippen molar-refractivity contribution in [2.45, 2.75) is 6.54 Å². The molecule has 0 aliphatic heterocycles. The van der Waals surface area contributed by atoms with Gasteiger partial charge in [-0.3, -0.25) is 0 Å². The summed E-state index contributed by atoms with van der Waals surface area (Å²) in [5.74, 6) is 0.750. The van der Waals surface area contributed by atoms with E-state index < -0.39 is 0 Å². The number of nitrogens with one attached hydrogen (secondary N) is 1. The largest absolute Gasteiger partial charge is 0.313 e. The normalized spacial score (nSPS) is 10.5. The van der Waals surface area contributed by atoms with Crippen molar-refractivity contribution in [2.24, 2.45) is 0 Å². The minimum Gasteiger partial charge on any atom is -0.313 e. The van der Waals surface area contributed by atoms with E-state index in [9.17, 15) is 0 Å². The minimum atomic E-state index is 0.611. The van der Waals surface area contributed by atoms with Crippen molar-refractivity contribution in [2.75, 3.05) is 7.05 Å². The molecule has 1 heterocycles. The van der Waals surface area contributed by atoms with Gasteiger partial charge < -0.3 is 5.32 Å². The fourth-order valence-corrected chi connectivity index (χ4v) is 1.47. The molecular formula is C9H10ClN5. The standard InChI is InChI=1S/C9H10ClN5/c1-11-6-9-12-13-14-15(9)8-4-2-3-7(10)5-8/h2-5,11H,6H2,1H3. The fourth-order valence-electron chi connectivity index (χ4n) is 1.28.